The van der Waals surface area contributed by atoms with E-state index < -0.39 is 11.9 Å². The second-order valence-electron chi connectivity index (χ2n) is 31.9. The Morgan fingerprint density at radius 1 is 0.321 bits per heavy atom. The zero-order valence-corrected chi connectivity index (χ0v) is 81.8. The highest BCUT2D eigenvalue weighted by Crippen LogP contribution is 2.37. The van der Waals surface area contributed by atoms with Crippen LogP contribution in [0.4, 0.5) is 119 Å². The Balaban J connectivity index is 0.000000242. The molecular weight excluding hydrogens is 1750 g/mol. The van der Waals surface area contributed by atoms with Crippen molar-refractivity contribution in [2.45, 2.75) is 114 Å². The number of carbonyl (C=O) groups is 5. The Kier molecular flexibility index (Phi) is 46.3. The summed E-state index contributed by atoms with van der Waals surface area (Å²) in [6.07, 6.45) is 14.1. The molecule has 13 rings (SSSR count). The Hall–Kier alpha value is -16.9. The van der Waals surface area contributed by atoms with E-state index in [1.54, 1.807) is 0 Å². The third-order valence-electron chi connectivity index (χ3n) is 20.6. The molecule has 0 amide bonds. The predicted octanol–water partition coefficient (Wildman–Crippen LogP) is 33.7. The molecule has 1 aliphatic heterocycles. The molecule has 716 valence electrons. The number of nitrogens with zero attached hydrogens (tertiary/aromatic N) is 21. The monoisotopic (exact) mass is 1870 g/mol. The average Bonchev–Trinajstić information content (AvgIpc) is 1.67. The van der Waals surface area contributed by atoms with Gasteiger partial charge in [0, 0.05) is 56.4 Å². The van der Waals surface area contributed by atoms with Gasteiger partial charge in [0.2, 0.25) is 0 Å². The van der Waals surface area contributed by atoms with Crippen LogP contribution in [0.1, 0.15) is 106 Å². The molecule has 1 aliphatic rings. The molecule has 1 heterocycles. The largest absolute Gasteiger partial charge is 0.461 e. The third kappa shape index (κ3) is 39.9. The summed E-state index contributed by atoms with van der Waals surface area (Å²) in [6, 6.07) is 85.6. The van der Waals surface area contributed by atoms with E-state index in [1.165, 1.54) is 92.6 Å². The maximum atomic E-state index is 11.4. The molecule has 0 aromatic heterocycles. The molecule has 0 saturated heterocycles. The molecule has 0 aliphatic carbocycles. The molecule has 0 unspecified atom stereocenters. The summed E-state index contributed by atoms with van der Waals surface area (Å²) in [6.45, 7) is 38.6. The van der Waals surface area contributed by atoms with Crippen molar-refractivity contribution in [3.8, 4) is 0 Å². The standard InChI is InChI=1S/C39H41N7O4.C33H35N7.C28H27N7.3C4H6O/c1-5-8-9-30-10-12-31(13-11-30)40-41-32-14-16-33(17-15-32)43-45-37-23-20-35(28-29(37)4)44-42-34-18-21-36(22-19-34)46(24-26-49-38(47)6-2)25-27-50-39(48)7-3;1-4-6-7-25-8-10-27(11-9-25)34-35-28-12-14-29(15-13-28)36-39-32-18-16-30(22-24(32)3)37-38-31-17-19-33-26(23-31)20-21-40(33)5-2;1-20-5-7-22(8-6-20)29-30-23-9-11-24(12-10-23)32-34-28-18-15-26(19-21(28)2)33-31-25-13-16-27(17-14-25)35(3)4;3*1-3-4(2)5/h6-7,10-23,28H,2-3,5,8-9,24-27H2,1,4H3;8-19,22-23H,4-7,20-21H2,1-3H3;5-19H,1-4H3;3*3H,1H2,2H3. The first-order valence-corrected chi connectivity index (χ1v) is 45.9. The molecule has 28 heteroatoms. The first kappa shape index (κ1) is 108. The zero-order chi connectivity index (χ0) is 101. The number of ether oxygens (including phenoxy) is 2. The number of carbonyl (C=O) groups excluding carboxylic acids is 5. The highest BCUT2D eigenvalue weighted by molar-refractivity contribution is 5.87. The minimum Gasteiger partial charge on any atom is -0.461 e. The first-order valence-electron chi connectivity index (χ1n) is 45.9. The van der Waals surface area contributed by atoms with Crippen molar-refractivity contribution in [1.29, 1.82) is 0 Å². The van der Waals surface area contributed by atoms with E-state index in [9.17, 15) is 24.0 Å². The van der Waals surface area contributed by atoms with Gasteiger partial charge >= 0.3 is 11.9 Å². The SMILES string of the molecule is C=CC(=O)OCCN(CCOC(=O)C=C)c1ccc(N=Nc2ccc(N=Nc3ccc(N=Nc4ccc(CCCC)cc4)cc3)c(C)c2)cc1.C=CC(C)=O.C=CC(C)=O.C=CC(C)=O.CCCCc1ccc(N=Nc2ccc(N=Nc3ccc(N=Nc4ccc5c(c4)CCN5CC)cc3C)cc2)cc1.Cc1ccc(N=Nc2ccc(N=Nc3ccc(N=Nc4ccc(N(C)C)cc4)cc3C)cc2)cc1. The van der Waals surface area contributed by atoms with Crippen LogP contribution in [0.5, 0.6) is 0 Å². The van der Waals surface area contributed by atoms with E-state index in [0.717, 1.165) is 158 Å². The van der Waals surface area contributed by atoms with Gasteiger partial charge in [-0.3, -0.25) is 14.4 Å². The smallest absolute Gasteiger partial charge is 0.330 e. The first-order chi connectivity index (χ1) is 67.7. The number of azo groups is 9. The van der Waals surface area contributed by atoms with Crippen molar-refractivity contribution in [3.05, 3.63) is 369 Å². The Labute approximate surface area is 821 Å². The second-order valence-corrected chi connectivity index (χ2v) is 31.9. The van der Waals surface area contributed by atoms with Gasteiger partial charge in [-0.2, -0.15) is 92.1 Å². The minimum atomic E-state index is -0.505. The van der Waals surface area contributed by atoms with Gasteiger partial charge in [0.1, 0.15) is 13.2 Å². The summed E-state index contributed by atoms with van der Waals surface area (Å²) in [7, 11) is 4.01. The predicted molar refractivity (Wildman–Crippen MR) is 564 cm³/mol. The van der Waals surface area contributed by atoms with Gasteiger partial charge in [-0.25, -0.2) is 9.59 Å². The van der Waals surface area contributed by atoms with Gasteiger partial charge in [0.15, 0.2) is 17.3 Å². The number of rotatable bonds is 38. The van der Waals surface area contributed by atoms with Gasteiger partial charge in [-0.15, -0.1) is 0 Å². The molecule has 0 spiro atoms. The Bertz CT molecular complexity index is 6300. The number of hydrogen-bond donors (Lipinski definition) is 0. The highest BCUT2D eigenvalue weighted by atomic mass is 16.5. The summed E-state index contributed by atoms with van der Waals surface area (Å²) in [4.78, 5) is 58.3. The van der Waals surface area contributed by atoms with Gasteiger partial charge in [-0.1, -0.05) is 102 Å². The highest BCUT2D eigenvalue weighted by Gasteiger charge is 2.18. The number of fused-ring (bicyclic) bond motifs is 1. The van der Waals surface area contributed by atoms with E-state index in [0.29, 0.717) is 30.2 Å². The van der Waals surface area contributed by atoms with Crippen molar-refractivity contribution in [2.24, 2.45) is 92.1 Å². The molecular formula is C112H121N21O7. The van der Waals surface area contributed by atoms with E-state index >= 15 is 0 Å². The summed E-state index contributed by atoms with van der Waals surface area (Å²) >= 11 is 0. The quantitative estimate of drug-likeness (QED) is 0.0200. The van der Waals surface area contributed by atoms with Crippen LogP contribution >= 0.6 is 0 Å². The van der Waals surface area contributed by atoms with Crippen molar-refractivity contribution < 1.29 is 33.4 Å². The topological polar surface area (TPSA) is 336 Å². The maximum Gasteiger partial charge on any atom is 0.330 e. The van der Waals surface area contributed by atoms with Crippen LogP contribution in [0.25, 0.3) is 0 Å². The molecule has 0 bridgehead atoms. The van der Waals surface area contributed by atoms with Gasteiger partial charge in [0.05, 0.1) is 115 Å². The number of likely N-dealkylation sites (N-methyl/N-ethyl adjacent to an activating group) is 1. The Morgan fingerprint density at radius 2 is 0.571 bits per heavy atom. The number of anilines is 3. The van der Waals surface area contributed by atoms with Crippen molar-refractivity contribution in [3.63, 3.8) is 0 Å². The van der Waals surface area contributed by atoms with Crippen molar-refractivity contribution in [1.82, 2.24) is 0 Å². The van der Waals surface area contributed by atoms with E-state index in [-0.39, 0.29) is 30.6 Å². The lowest BCUT2D eigenvalue weighted by molar-refractivity contribution is -0.137. The molecule has 0 N–H and O–H groups in total. The number of hydrogen-bond acceptors (Lipinski definition) is 28. The fourth-order valence-corrected chi connectivity index (χ4v) is 12.5. The van der Waals surface area contributed by atoms with Crippen LogP contribution in [0.2, 0.25) is 0 Å². The second kappa shape index (κ2) is 59.8. The number of ketones is 3. The van der Waals surface area contributed by atoms with E-state index in [2.05, 4.69) is 187 Å². The summed E-state index contributed by atoms with van der Waals surface area (Å²) < 4.78 is 10.2. The van der Waals surface area contributed by atoms with Crippen LogP contribution in [0, 0.1) is 27.7 Å². The number of unbranched alkanes of at least 4 members (excludes halogenated alkanes) is 2. The van der Waals surface area contributed by atoms with Crippen LogP contribution in [-0.2, 0) is 52.7 Å². The van der Waals surface area contributed by atoms with Gasteiger partial charge < -0.3 is 24.2 Å². The summed E-state index contributed by atoms with van der Waals surface area (Å²) in [5.74, 6) is -0.955. The van der Waals surface area contributed by atoms with Crippen LogP contribution in [0.15, 0.2) is 422 Å². The van der Waals surface area contributed by atoms with Crippen LogP contribution in [-0.4, -0.2) is 82.8 Å². The molecule has 0 radical (unpaired) electrons. The molecule has 0 atom stereocenters. The van der Waals surface area contributed by atoms with E-state index in [4.69, 9.17) is 9.47 Å². The van der Waals surface area contributed by atoms with Crippen molar-refractivity contribution >= 4 is 149 Å². The molecule has 28 nitrogen and oxygen atoms in total. The molecule has 12 aromatic carbocycles. The number of allylic oxidation sites excluding steroid dienone is 3. The zero-order valence-electron chi connectivity index (χ0n) is 81.8. The number of aryl methyl sites for hydroxylation is 6. The fraction of sp³-hybridized carbons (Fsp3) is 0.223. The summed E-state index contributed by atoms with van der Waals surface area (Å²) in [5.41, 5.74) is 25.1. The molecule has 140 heavy (non-hydrogen) atoms. The lowest BCUT2D eigenvalue weighted by Crippen LogP contribution is -2.31. The van der Waals surface area contributed by atoms with Crippen LogP contribution < -0.4 is 14.7 Å². The van der Waals surface area contributed by atoms with Crippen molar-refractivity contribution in [2.75, 3.05) is 68.2 Å². The molecule has 0 saturated carbocycles. The van der Waals surface area contributed by atoms with Gasteiger partial charge in [-0.05, 0) is 370 Å². The lowest BCUT2D eigenvalue weighted by Gasteiger charge is -2.24. The van der Waals surface area contributed by atoms with Gasteiger partial charge in [0.25, 0.3) is 0 Å². The minimum absolute atomic E-state index is 0.0185. The lowest BCUT2D eigenvalue weighted by atomic mass is 10.1. The molecule has 12 aromatic rings. The maximum absolute atomic E-state index is 11.4. The third-order valence-corrected chi connectivity index (χ3v) is 20.6. The Morgan fingerprint density at radius 3 is 0.843 bits per heavy atom. The van der Waals surface area contributed by atoms with E-state index in [1.807, 2.05) is 282 Å². The fourth-order valence-electron chi connectivity index (χ4n) is 12.5. The normalized spacial score (nSPS) is 11.4. The number of esters is 2. The van der Waals surface area contributed by atoms with Crippen LogP contribution in [0.3, 0.4) is 0 Å². The number of benzene rings is 12. The molecule has 0 fully saturated rings. The summed E-state index contributed by atoms with van der Waals surface area (Å²) in [5, 5.41) is 78.6. The average molecular weight is 1870 g/mol.